The molecule has 1 aromatic heterocycles. The third kappa shape index (κ3) is 3.39. The average molecular weight is 215 g/mol. The summed E-state index contributed by atoms with van der Waals surface area (Å²) < 4.78 is 24.6. The summed E-state index contributed by atoms with van der Waals surface area (Å²) in [5, 5.41) is 0. The Hall–Kier alpha value is -1.01. The maximum absolute atomic E-state index is 11.1. The molecule has 0 spiro atoms. The molecule has 0 saturated heterocycles. The lowest BCUT2D eigenvalue weighted by atomic mass is 10.3. The number of rotatable bonds is 4. The molecule has 1 rings (SSSR count). The summed E-state index contributed by atoms with van der Waals surface area (Å²) in [6, 6.07) is 1.75. The molecule has 0 aliphatic carbocycles. The normalized spacial score (nSPS) is 11.6. The molecule has 6 heteroatoms. The lowest BCUT2D eigenvalue weighted by molar-refractivity contribution is 0.581. The third-order valence-corrected chi connectivity index (χ3v) is 3.06. The van der Waals surface area contributed by atoms with Crippen molar-refractivity contribution in [1.82, 2.24) is 14.7 Å². The molecule has 0 saturated carbocycles. The largest absolute Gasteiger partial charge is 0.242 e. The zero-order valence-electron chi connectivity index (χ0n) is 8.19. The summed E-state index contributed by atoms with van der Waals surface area (Å²) in [6.45, 7) is 3.65. The number of aryl methyl sites for hydroxylation is 1. The van der Waals surface area contributed by atoms with E-state index >= 15 is 0 Å². The minimum atomic E-state index is -3.14. The average Bonchev–Trinajstić information content (AvgIpc) is 2.15. The van der Waals surface area contributed by atoms with Gasteiger partial charge in [-0.1, -0.05) is 0 Å². The second kappa shape index (κ2) is 4.47. The van der Waals surface area contributed by atoms with Crippen molar-refractivity contribution in [2.24, 2.45) is 0 Å². The number of nitrogens with zero attached hydrogens (tertiary/aromatic N) is 2. The molecule has 14 heavy (non-hydrogen) atoms. The second-order valence-electron chi connectivity index (χ2n) is 2.88. The Morgan fingerprint density at radius 3 is 2.71 bits per heavy atom. The summed E-state index contributed by atoms with van der Waals surface area (Å²) in [6.07, 6.45) is 1.42. The Bertz CT molecular complexity index is 403. The van der Waals surface area contributed by atoms with Gasteiger partial charge in [0.1, 0.15) is 6.33 Å². The van der Waals surface area contributed by atoms with Crippen molar-refractivity contribution in [1.29, 1.82) is 0 Å². The quantitative estimate of drug-likeness (QED) is 0.780. The molecule has 0 atom stereocenters. The van der Waals surface area contributed by atoms with Crippen LogP contribution < -0.4 is 4.72 Å². The van der Waals surface area contributed by atoms with E-state index in [0.29, 0.717) is 5.69 Å². The standard InChI is InChI=1S/C8H13N3O2S/c1-3-14(12,13)11-5-8-4-7(2)9-6-10-8/h4,6,11H,3,5H2,1-2H3. The van der Waals surface area contributed by atoms with E-state index in [2.05, 4.69) is 14.7 Å². The van der Waals surface area contributed by atoms with Crippen molar-refractivity contribution in [3.05, 3.63) is 23.8 Å². The van der Waals surface area contributed by atoms with Crippen LogP contribution >= 0.6 is 0 Å². The maximum atomic E-state index is 11.1. The lowest BCUT2D eigenvalue weighted by Crippen LogP contribution is -2.25. The van der Waals surface area contributed by atoms with Crippen molar-refractivity contribution in [3.63, 3.8) is 0 Å². The highest BCUT2D eigenvalue weighted by molar-refractivity contribution is 7.89. The van der Waals surface area contributed by atoms with Gasteiger partial charge in [-0.05, 0) is 19.9 Å². The van der Waals surface area contributed by atoms with Crippen LogP contribution in [-0.4, -0.2) is 24.1 Å². The van der Waals surface area contributed by atoms with Crippen LogP contribution in [0.5, 0.6) is 0 Å². The zero-order valence-corrected chi connectivity index (χ0v) is 9.00. The van der Waals surface area contributed by atoms with Crippen molar-refractivity contribution in [2.75, 3.05) is 5.75 Å². The smallest absolute Gasteiger partial charge is 0.211 e. The first-order valence-electron chi connectivity index (χ1n) is 4.28. The predicted octanol–water partition coefficient (Wildman–Crippen LogP) is 0.224. The molecule has 5 nitrogen and oxygen atoms in total. The summed E-state index contributed by atoms with van der Waals surface area (Å²) in [7, 11) is -3.14. The number of sulfonamides is 1. The fourth-order valence-corrected chi connectivity index (χ4v) is 1.46. The predicted molar refractivity (Wildman–Crippen MR) is 53.1 cm³/mol. The van der Waals surface area contributed by atoms with Gasteiger partial charge in [-0.15, -0.1) is 0 Å². The minimum Gasteiger partial charge on any atom is -0.242 e. The Kier molecular flexibility index (Phi) is 3.54. The van der Waals surface area contributed by atoms with Gasteiger partial charge < -0.3 is 0 Å². The molecule has 0 amide bonds. The van der Waals surface area contributed by atoms with Crippen molar-refractivity contribution < 1.29 is 8.42 Å². The first kappa shape index (κ1) is 11.1. The Morgan fingerprint density at radius 1 is 1.43 bits per heavy atom. The van der Waals surface area contributed by atoms with Crippen molar-refractivity contribution in [2.45, 2.75) is 20.4 Å². The molecule has 0 bridgehead atoms. The molecule has 78 valence electrons. The van der Waals surface area contributed by atoms with E-state index in [4.69, 9.17) is 0 Å². The van der Waals surface area contributed by atoms with E-state index in [1.54, 1.807) is 13.0 Å². The third-order valence-electron chi connectivity index (χ3n) is 1.71. The van der Waals surface area contributed by atoms with E-state index in [1.165, 1.54) is 6.33 Å². The SMILES string of the molecule is CCS(=O)(=O)NCc1cc(C)ncn1. The zero-order chi connectivity index (χ0) is 10.6. The number of hydrogen-bond donors (Lipinski definition) is 1. The van der Waals surface area contributed by atoms with Crippen LogP contribution in [0.2, 0.25) is 0 Å². The highest BCUT2D eigenvalue weighted by Crippen LogP contribution is 1.96. The highest BCUT2D eigenvalue weighted by Gasteiger charge is 2.06. The lowest BCUT2D eigenvalue weighted by Gasteiger charge is -2.03. The van der Waals surface area contributed by atoms with Crippen LogP contribution in [-0.2, 0) is 16.6 Å². The number of nitrogens with one attached hydrogen (secondary N) is 1. The molecule has 0 aliphatic rings. The van der Waals surface area contributed by atoms with Gasteiger partial charge in [0, 0.05) is 5.69 Å². The molecule has 1 heterocycles. The number of aromatic nitrogens is 2. The van der Waals surface area contributed by atoms with Crippen LogP contribution in [0.3, 0.4) is 0 Å². The first-order chi connectivity index (χ1) is 6.53. The molecular formula is C8H13N3O2S. The summed E-state index contributed by atoms with van der Waals surface area (Å²) in [5.41, 5.74) is 1.50. The van der Waals surface area contributed by atoms with Gasteiger partial charge in [0.15, 0.2) is 0 Å². The van der Waals surface area contributed by atoms with Crippen LogP contribution in [0.15, 0.2) is 12.4 Å². The van der Waals surface area contributed by atoms with E-state index in [-0.39, 0.29) is 12.3 Å². The minimum absolute atomic E-state index is 0.0804. The van der Waals surface area contributed by atoms with Gasteiger partial charge in [-0.3, -0.25) is 0 Å². The van der Waals surface area contributed by atoms with Crippen molar-refractivity contribution >= 4 is 10.0 Å². The van der Waals surface area contributed by atoms with Crippen LogP contribution in [0.25, 0.3) is 0 Å². The van der Waals surface area contributed by atoms with E-state index < -0.39 is 10.0 Å². The summed E-state index contributed by atoms with van der Waals surface area (Å²) in [5.74, 6) is 0.0804. The Labute approximate surface area is 83.6 Å². The van der Waals surface area contributed by atoms with Gasteiger partial charge >= 0.3 is 0 Å². The van der Waals surface area contributed by atoms with Crippen LogP contribution in [0.4, 0.5) is 0 Å². The number of hydrogen-bond acceptors (Lipinski definition) is 4. The molecule has 0 aromatic carbocycles. The fourth-order valence-electron chi connectivity index (χ4n) is 0.892. The topological polar surface area (TPSA) is 72.0 Å². The first-order valence-corrected chi connectivity index (χ1v) is 5.93. The van der Waals surface area contributed by atoms with Gasteiger partial charge in [-0.25, -0.2) is 23.1 Å². The van der Waals surface area contributed by atoms with Gasteiger partial charge in [-0.2, -0.15) is 0 Å². The maximum Gasteiger partial charge on any atom is 0.211 e. The van der Waals surface area contributed by atoms with Gasteiger partial charge in [0.2, 0.25) is 10.0 Å². The summed E-state index contributed by atoms with van der Waals surface area (Å²) in [4.78, 5) is 7.85. The molecule has 0 unspecified atom stereocenters. The summed E-state index contributed by atoms with van der Waals surface area (Å²) >= 11 is 0. The Morgan fingerprint density at radius 2 is 2.14 bits per heavy atom. The van der Waals surface area contributed by atoms with E-state index in [9.17, 15) is 8.42 Å². The molecule has 1 aromatic rings. The van der Waals surface area contributed by atoms with Crippen LogP contribution in [0.1, 0.15) is 18.3 Å². The van der Waals surface area contributed by atoms with Gasteiger partial charge in [0.25, 0.3) is 0 Å². The van der Waals surface area contributed by atoms with Crippen molar-refractivity contribution in [3.8, 4) is 0 Å². The van der Waals surface area contributed by atoms with Gasteiger partial charge in [0.05, 0.1) is 18.0 Å². The second-order valence-corrected chi connectivity index (χ2v) is 4.97. The Balaban J connectivity index is 2.63. The molecule has 0 radical (unpaired) electrons. The molecular weight excluding hydrogens is 202 g/mol. The fraction of sp³-hybridized carbons (Fsp3) is 0.500. The van der Waals surface area contributed by atoms with Crippen LogP contribution in [0, 0.1) is 6.92 Å². The molecule has 1 N–H and O–H groups in total. The molecule has 0 aliphatic heterocycles. The van der Waals surface area contributed by atoms with E-state index in [1.807, 2.05) is 6.92 Å². The molecule has 0 fully saturated rings. The highest BCUT2D eigenvalue weighted by atomic mass is 32.2. The monoisotopic (exact) mass is 215 g/mol. The van der Waals surface area contributed by atoms with E-state index in [0.717, 1.165) is 5.69 Å².